The van der Waals surface area contributed by atoms with Gasteiger partial charge in [0, 0.05) is 28.1 Å². The van der Waals surface area contributed by atoms with Crippen molar-refractivity contribution in [2.24, 2.45) is 0 Å². The highest BCUT2D eigenvalue weighted by Gasteiger charge is 2.09. The largest absolute Gasteiger partial charge is 0.398 e. The maximum absolute atomic E-state index is 11.7. The van der Waals surface area contributed by atoms with Gasteiger partial charge in [-0.05, 0) is 49.2 Å². The first kappa shape index (κ1) is 14.5. The standard InChI is InChI=1S/C16H18N2OS/c1-10-4-5-11(2)14(8-10)20-15-9-12(16(19)18-3)6-7-13(15)17/h4-9H,17H2,1-3H3,(H,18,19). The van der Waals surface area contributed by atoms with Crippen molar-refractivity contribution in [1.29, 1.82) is 0 Å². The summed E-state index contributed by atoms with van der Waals surface area (Å²) in [5.41, 5.74) is 9.73. The minimum Gasteiger partial charge on any atom is -0.398 e. The quantitative estimate of drug-likeness (QED) is 0.850. The van der Waals surface area contributed by atoms with E-state index in [0.717, 1.165) is 9.79 Å². The van der Waals surface area contributed by atoms with Gasteiger partial charge in [-0.15, -0.1) is 0 Å². The summed E-state index contributed by atoms with van der Waals surface area (Å²) in [5, 5.41) is 2.62. The lowest BCUT2D eigenvalue weighted by Gasteiger charge is -2.10. The fourth-order valence-electron chi connectivity index (χ4n) is 1.84. The third kappa shape index (κ3) is 3.14. The van der Waals surface area contributed by atoms with Crippen LogP contribution < -0.4 is 11.1 Å². The van der Waals surface area contributed by atoms with Gasteiger partial charge in [-0.25, -0.2) is 0 Å². The van der Waals surface area contributed by atoms with E-state index in [1.54, 1.807) is 30.9 Å². The van der Waals surface area contributed by atoms with Crippen LogP contribution in [0.25, 0.3) is 0 Å². The van der Waals surface area contributed by atoms with Crippen LogP contribution in [0.15, 0.2) is 46.2 Å². The Bertz CT molecular complexity index is 653. The van der Waals surface area contributed by atoms with Crippen molar-refractivity contribution in [2.45, 2.75) is 23.6 Å². The van der Waals surface area contributed by atoms with Crippen molar-refractivity contribution < 1.29 is 4.79 Å². The molecule has 1 amide bonds. The molecule has 3 nitrogen and oxygen atoms in total. The van der Waals surface area contributed by atoms with Gasteiger partial charge in [-0.3, -0.25) is 4.79 Å². The number of hydrogen-bond donors (Lipinski definition) is 2. The van der Waals surface area contributed by atoms with Crippen LogP contribution in [0.5, 0.6) is 0 Å². The smallest absolute Gasteiger partial charge is 0.251 e. The second-order valence-electron chi connectivity index (χ2n) is 4.70. The number of nitrogens with one attached hydrogen (secondary N) is 1. The number of hydrogen-bond acceptors (Lipinski definition) is 3. The molecule has 0 aliphatic heterocycles. The molecule has 0 saturated carbocycles. The van der Waals surface area contributed by atoms with Crippen LogP contribution in [0.1, 0.15) is 21.5 Å². The third-order valence-electron chi connectivity index (χ3n) is 3.07. The third-order valence-corrected chi connectivity index (χ3v) is 4.30. The second kappa shape index (κ2) is 6.01. The molecular weight excluding hydrogens is 268 g/mol. The van der Waals surface area contributed by atoms with Gasteiger partial charge in [0.2, 0.25) is 0 Å². The molecular formula is C16H18N2OS. The Hall–Kier alpha value is -1.94. The SMILES string of the molecule is CNC(=O)c1ccc(N)c(Sc2cc(C)ccc2C)c1. The molecule has 0 fully saturated rings. The monoisotopic (exact) mass is 286 g/mol. The van der Waals surface area contributed by atoms with Gasteiger partial charge < -0.3 is 11.1 Å². The molecule has 104 valence electrons. The van der Waals surface area contributed by atoms with Crippen molar-refractivity contribution in [3.8, 4) is 0 Å². The number of rotatable bonds is 3. The second-order valence-corrected chi connectivity index (χ2v) is 5.79. The summed E-state index contributed by atoms with van der Waals surface area (Å²) in [4.78, 5) is 13.7. The van der Waals surface area contributed by atoms with Crippen LogP contribution in [-0.4, -0.2) is 13.0 Å². The van der Waals surface area contributed by atoms with E-state index in [1.807, 2.05) is 6.07 Å². The van der Waals surface area contributed by atoms with Crippen molar-refractivity contribution in [1.82, 2.24) is 5.32 Å². The zero-order chi connectivity index (χ0) is 14.7. The summed E-state index contributed by atoms with van der Waals surface area (Å²) in [6, 6.07) is 11.7. The van der Waals surface area contributed by atoms with E-state index >= 15 is 0 Å². The van der Waals surface area contributed by atoms with E-state index < -0.39 is 0 Å². The number of amides is 1. The number of aryl methyl sites for hydroxylation is 2. The number of anilines is 1. The predicted molar refractivity (Wildman–Crippen MR) is 84.3 cm³/mol. The van der Waals surface area contributed by atoms with E-state index in [4.69, 9.17) is 5.73 Å². The predicted octanol–water partition coefficient (Wildman–Crippen LogP) is 3.40. The first-order valence-corrected chi connectivity index (χ1v) is 7.19. The molecule has 0 spiro atoms. The Kier molecular flexibility index (Phi) is 4.35. The van der Waals surface area contributed by atoms with Gasteiger partial charge in [0.05, 0.1) is 0 Å². The fourth-order valence-corrected chi connectivity index (χ4v) is 2.93. The van der Waals surface area contributed by atoms with Crippen molar-refractivity contribution in [3.05, 3.63) is 53.1 Å². The zero-order valence-electron chi connectivity index (χ0n) is 11.9. The van der Waals surface area contributed by atoms with Gasteiger partial charge >= 0.3 is 0 Å². The first-order valence-electron chi connectivity index (χ1n) is 6.38. The van der Waals surface area contributed by atoms with Gasteiger partial charge in [0.25, 0.3) is 5.91 Å². The molecule has 0 atom stereocenters. The molecule has 2 aromatic carbocycles. The molecule has 0 aliphatic rings. The summed E-state index contributed by atoms with van der Waals surface area (Å²) in [7, 11) is 1.62. The van der Waals surface area contributed by atoms with Crippen LogP contribution in [-0.2, 0) is 0 Å². The molecule has 0 bridgehead atoms. The highest BCUT2D eigenvalue weighted by Crippen LogP contribution is 2.35. The zero-order valence-corrected chi connectivity index (χ0v) is 12.7. The van der Waals surface area contributed by atoms with Crippen LogP contribution >= 0.6 is 11.8 Å². The molecule has 0 radical (unpaired) electrons. The minimum absolute atomic E-state index is 0.104. The van der Waals surface area contributed by atoms with Gasteiger partial charge in [-0.1, -0.05) is 23.9 Å². The first-order chi connectivity index (χ1) is 9.51. The molecule has 0 aliphatic carbocycles. The van der Waals surface area contributed by atoms with E-state index in [-0.39, 0.29) is 5.91 Å². The lowest BCUT2D eigenvalue weighted by Crippen LogP contribution is -2.17. The molecule has 0 unspecified atom stereocenters. The Morgan fingerprint density at radius 1 is 1.10 bits per heavy atom. The van der Waals surface area contributed by atoms with Crippen LogP contribution in [0.4, 0.5) is 5.69 Å². The molecule has 3 N–H and O–H groups in total. The molecule has 20 heavy (non-hydrogen) atoms. The summed E-state index contributed by atoms with van der Waals surface area (Å²) in [6.45, 7) is 4.13. The number of carbonyl (C=O) groups is 1. The summed E-state index contributed by atoms with van der Waals surface area (Å²) in [6.07, 6.45) is 0. The van der Waals surface area contributed by atoms with Crippen LogP contribution in [0.3, 0.4) is 0 Å². The van der Waals surface area contributed by atoms with Crippen molar-refractivity contribution in [3.63, 3.8) is 0 Å². The number of nitrogens with two attached hydrogens (primary N) is 1. The number of benzene rings is 2. The Balaban J connectivity index is 2.37. The average molecular weight is 286 g/mol. The average Bonchev–Trinajstić information content (AvgIpc) is 2.44. The maximum Gasteiger partial charge on any atom is 0.251 e. The molecule has 2 rings (SSSR count). The summed E-state index contributed by atoms with van der Waals surface area (Å²) in [5.74, 6) is -0.104. The summed E-state index contributed by atoms with van der Waals surface area (Å²) < 4.78 is 0. The molecule has 0 heterocycles. The molecule has 0 aromatic heterocycles. The number of nitrogen functional groups attached to an aromatic ring is 1. The van der Waals surface area contributed by atoms with Crippen molar-refractivity contribution in [2.75, 3.05) is 12.8 Å². The van der Waals surface area contributed by atoms with E-state index in [0.29, 0.717) is 11.3 Å². The maximum atomic E-state index is 11.7. The van der Waals surface area contributed by atoms with Crippen LogP contribution in [0.2, 0.25) is 0 Å². The fraction of sp³-hybridized carbons (Fsp3) is 0.188. The van der Waals surface area contributed by atoms with Crippen molar-refractivity contribution >= 4 is 23.4 Å². The van der Waals surface area contributed by atoms with Gasteiger partial charge in [0.15, 0.2) is 0 Å². The van der Waals surface area contributed by atoms with E-state index in [2.05, 4.69) is 37.4 Å². The highest BCUT2D eigenvalue weighted by molar-refractivity contribution is 7.99. The van der Waals surface area contributed by atoms with Gasteiger partial charge in [0.1, 0.15) is 0 Å². The molecule has 4 heteroatoms. The lowest BCUT2D eigenvalue weighted by atomic mass is 10.2. The van der Waals surface area contributed by atoms with E-state index in [1.165, 1.54) is 11.1 Å². The Morgan fingerprint density at radius 3 is 2.55 bits per heavy atom. The lowest BCUT2D eigenvalue weighted by molar-refractivity contribution is 0.0963. The Labute approximate surface area is 123 Å². The highest BCUT2D eigenvalue weighted by atomic mass is 32.2. The summed E-state index contributed by atoms with van der Waals surface area (Å²) >= 11 is 1.59. The van der Waals surface area contributed by atoms with Crippen LogP contribution in [0, 0.1) is 13.8 Å². The minimum atomic E-state index is -0.104. The Morgan fingerprint density at radius 2 is 1.85 bits per heavy atom. The number of carbonyl (C=O) groups excluding carboxylic acids is 1. The van der Waals surface area contributed by atoms with Gasteiger partial charge in [-0.2, -0.15) is 0 Å². The normalized spacial score (nSPS) is 10.3. The molecule has 2 aromatic rings. The topological polar surface area (TPSA) is 55.1 Å². The molecule has 0 saturated heterocycles. The van der Waals surface area contributed by atoms with E-state index in [9.17, 15) is 4.79 Å².